The molecule has 0 radical (unpaired) electrons. The Labute approximate surface area is 45.8 Å². The topological polar surface area (TPSA) is 17.1 Å². The van der Waals surface area contributed by atoms with Gasteiger partial charge in [-0.15, -0.1) is 0 Å². The first-order valence-electron chi connectivity index (χ1n) is 1.70. The van der Waals surface area contributed by atoms with Crippen molar-refractivity contribution in [1.29, 1.82) is 0 Å². The van der Waals surface area contributed by atoms with Crippen LogP contribution in [0.25, 0.3) is 0 Å². The highest BCUT2D eigenvalue weighted by atomic mass is 35.5. The maximum atomic E-state index is 11.6. The fraction of sp³-hybridized carbons (Fsp3) is 0.250. The zero-order chi connectivity index (χ0) is 5.86. The molecule has 0 N–H and O–H groups in total. The molecule has 0 aliphatic carbocycles. The summed E-state index contributed by atoms with van der Waals surface area (Å²) in [5, 5.41) is -1.04. The monoisotopic (exact) mass is 122 g/mol. The van der Waals surface area contributed by atoms with Crippen molar-refractivity contribution in [3.63, 3.8) is 0 Å². The first-order valence-corrected chi connectivity index (χ1v) is 2.08. The Morgan fingerprint density at radius 3 is 2.29 bits per heavy atom. The summed E-state index contributed by atoms with van der Waals surface area (Å²) >= 11 is 4.65. The lowest BCUT2D eigenvalue weighted by atomic mass is 10.5. The average molecular weight is 123 g/mol. The van der Waals surface area contributed by atoms with E-state index >= 15 is 0 Å². The van der Waals surface area contributed by atoms with Crippen LogP contribution in [0.5, 0.6) is 0 Å². The van der Waals surface area contributed by atoms with E-state index < -0.39 is 11.1 Å². The summed E-state index contributed by atoms with van der Waals surface area (Å²) in [6, 6.07) is 0. The maximum absolute atomic E-state index is 11.6. The van der Waals surface area contributed by atoms with Crippen LogP contribution < -0.4 is 0 Å². The molecule has 40 valence electrons. The molecule has 0 saturated heterocycles. The van der Waals surface area contributed by atoms with E-state index in [1.54, 1.807) is 0 Å². The largest absolute Gasteiger partial charge is 0.280 e. The summed E-state index contributed by atoms with van der Waals surface area (Å²) < 4.78 is 11.6. The Kier molecular flexibility index (Phi) is 2.60. The molecule has 0 rings (SSSR count). The standard InChI is InChI=1S/C4H4ClFO/c1-2-3(6)4(5)7/h2H,1H3/b3-2-. The molecule has 0 unspecified atom stereocenters. The lowest BCUT2D eigenvalue weighted by Crippen LogP contribution is -1.82. The van der Waals surface area contributed by atoms with Crippen LogP contribution >= 0.6 is 11.6 Å². The molecule has 0 aliphatic rings. The quantitative estimate of drug-likeness (QED) is 0.382. The highest BCUT2D eigenvalue weighted by Gasteiger charge is 1.98. The first-order chi connectivity index (χ1) is 3.18. The number of hydrogen-bond acceptors (Lipinski definition) is 1. The molecule has 0 fully saturated rings. The molecule has 0 aromatic heterocycles. The lowest BCUT2D eigenvalue weighted by Gasteiger charge is -1.77. The predicted octanol–water partition coefficient (Wildman–Crippen LogP) is 1.63. The number of allylic oxidation sites excluding steroid dienone is 2. The van der Waals surface area contributed by atoms with Gasteiger partial charge in [-0.25, -0.2) is 4.39 Å². The van der Waals surface area contributed by atoms with E-state index in [1.807, 2.05) is 0 Å². The van der Waals surface area contributed by atoms with Gasteiger partial charge in [-0.05, 0) is 24.6 Å². The van der Waals surface area contributed by atoms with Crippen LogP contribution in [-0.2, 0) is 4.79 Å². The zero-order valence-corrected chi connectivity index (χ0v) is 4.50. The fourth-order valence-electron chi connectivity index (χ4n) is 0.113. The fourth-order valence-corrected chi connectivity index (χ4v) is 0.223. The van der Waals surface area contributed by atoms with Crippen molar-refractivity contribution in [2.75, 3.05) is 0 Å². The third kappa shape index (κ3) is 2.34. The normalized spacial score (nSPS) is 11.6. The van der Waals surface area contributed by atoms with Gasteiger partial charge in [0, 0.05) is 0 Å². The molecule has 0 aliphatic heterocycles. The summed E-state index contributed by atoms with van der Waals surface area (Å²) in [6.45, 7) is 1.40. The van der Waals surface area contributed by atoms with Gasteiger partial charge in [-0.3, -0.25) is 4.79 Å². The summed E-state index contributed by atoms with van der Waals surface area (Å²) in [7, 11) is 0. The Hall–Kier alpha value is -0.370. The van der Waals surface area contributed by atoms with Crippen LogP contribution in [0.1, 0.15) is 6.92 Å². The molecule has 0 heterocycles. The molecule has 0 spiro atoms. The van der Waals surface area contributed by atoms with Crippen LogP contribution in [0.3, 0.4) is 0 Å². The molecule has 1 nitrogen and oxygen atoms in total. The molecule has 0 saturated carbocycles. The predicted molar refractivity (Wildman–Crippen MR) is 25.7 cm³/mol. The van der Waals surface area contributed by atoms with Gasteiger partial charge in [-0.2, -0.15) is 0 Å². The summed E-state index contributed by atoms with van der Waals surface area (Å²) in [6.07, 6.45) is 1.01. The minimum absolute atomic E-state index is 0.901. The molecule has 0 atom stereocenters. The molecule has 3 heteroatoms. The third-order valence-corrected chi connectivity index (χ3v) is 0.622. The summed E-state index contributed by atoms with van der Waals surface area (Å²) in [5.41, 5.74) is 0. The van der Waals surface area contributed by atoms with Gasteiger partial charge in [0.15, 0.2) is 5.83 Å². The Morgan fingerprint density at radius 1 is 1.86 bits per heavy atom. The van der Waals surface area contributed by atoms with Crippen molar-refractivity contribution in [2.45, 2.75) is 6.92 Å². The van der Waals surface area contributed by atoms with Crippen molar-refractivity contribution in [2.24, 2.45) is 0 Å². The first kappa shape index (κ1) is 6.63. The summed E-state index contributed by atoms with van der Waals surface area (Å²) in [5.74, 6) is -0.901. The van der Waals surface area contributed by atoms with E-state index in [4.69, 9.17) is 0 Å². The van der Waals surface area contributed by atoms with Crippen LogP contribution in [-0.4, -0.2) is 5.24 Å². The van der Waals surface area contributed by atoms with Crippen molar-refractivity contribution in [3.05, 3.63) is 11.9 Å². The van der Waals surface area contributed by atoms with Crippen molar-refractivity contribution < 1.29 is 9.18 Å². The van der Waals surface area contributed by atoms with Gasteiger partial charge >= 0.3 is 0 Å². The molecule has 7 heavy (non-hydrogen) atoms. The lowest BCUT2D eigenvalue weighted by molar-refractivity contribution is -0.109. The average Bonchev–Trinajstić information content (AvgIpc) is 1.65. The molecule has 0 aromatic carbocycles. The maximum Gasteiger partial charge on any atom is 0.280 e. The van der Waals surface area contributed by atoms with Gasteiger partial charge in [-0.1, -0.05) is 0 Å². The van der Waals surface area contributed by atoms with Crippen molar-refractivity contribution in [1.82, 2.24) is 0 Å². The highest BCUT2D eigenvalue weighted by Crippen LogP contribution is 1.99. The van der Waals surface area contributed by atoms with Crippen LogP contribution in [0.4, 0.5) is 4.39 Å². The number of hydrogen-bond donors (Lipinski definition) is 0. The third-order valence-electron chi connectivity index (χ3n) is 0.441. The number of halogens is 2. The second-order valence-electron chi connectivity index (χ2n) is 0.910. The second kappa shape index (κ2) is 2.75. The van der Waals surface area contributed by atoms with E-state index in [2.05, 4.69) is 11.6 Å². The second-order valence-corrected chi connectivity index (χ2v) is 1.25. The number of carbonyl (C=O) groups is 1. The van der Waals surface area contributed by atoms with E-state index in [-0.39, 0.29) is 0 Å². The van der Waals surface area contributed by atoms with E-state index in [1.165, 1.54) is 6.92 Å². The summed E-state index contributed by atoms with van der Waals surface area (Å²) in [4.78, 5) is 9.70. The van der Waals surface area contributed by atoms with Crippen molar-refractivity contribution >= 4 is 16.8 Å². The smallest absolute Gasteiger partial charge is 0.273 e. The van der Waals surface area contributed by atoms with Crippen LogP contribution in [0.15, 0.2) is 11.9 Å². The van der Waals surface area contributed by atoms with E-state index in [0.717, 1.165) is 6.08 Å². The van der Waals surface area contributed by atoms with Gasteiger partial charge < -0.3 is 0 Å². The minimum atomic E-state index is -1.04. The molecular formula is C4H4ClFO. The molecule has 0 amide bonds. The minimum Gasteiger partial charge on any atom is -0.273 e. The van der Waals surface area contributed by atoms with Gasteiger partial charge in [0.2, 0.25) is 0 Å². The molecule has 0 aromatic rings. The Balaban J connectivity index is 3.82. The highest BCUT2D eigenvalue weighted by molar-refractivity contribution is 6.67. The van der Waals surface area contributed by atoms with E-state index in [0.29, 0.717) is 0 Å². The zero-order valence-electron chi connectivity index (χ0n) is 3.74. The molecular weight excluding hydrogens is 118 g/mol. The Morgan fingerprint density at radius 2 is 2.29 bits per heavy atom. The van der Waals surface area contributed by atoms with Gasteiger partial charge in [0.05, 0.1) is 0 Å². The number of carbonyl (C=O) groups excluding carboxylic acids is 1. The van der Waals surface area contributed by atoms with Gasteiger partial charge in [0.1, 0.15) is 0 Å². The SMILES string of the molecule is C/C=C(\F)C(=O)Cl. The van der Waals surface area contributed by atoms with E-state index in [9.17, 15) is 9.18 Å². The number of rotatable bonds is 1. The van der Waals surface area contributed by atoms with Gasteiger partial charge in [0.25, 0.3) is 5.24 Å². The molecule has 0 bridgehead atoms. The van der Waals surface area contributed by atoms with Crippen molar-refractivity contribution in [3.8, 4) is 0 Å². The van der Waals surface area contributed by atoms with Crippen LogP contribution in [0, 0.1) is 0 Å². The van der Waals surface area contributed by atoms with Crippen LogP contribution in [0.2, 0.25) is 0 Å². The Bertz CT molecular complexity index is 108.